The van der Waals surface area contributed by atoms with Crippen LogP contribution in [0.3, 0.4) is 0 Å². The molecule has 3 aromatic heterocycles. The number of fused-ring (bicyclic) bond motifs is 1. The molecule has 0 spiro atoms. The van der Waals surface area contributed by atoms with Gasteiger partial charge >= 0.3 is 0 Å². The number of nitrogen functional groups attached to an aromatic ring is 1. The summed E-state index contributed by atoms with van der Waals surface area (Å²) in [4.78, 5) is 24.2. The first-order valence-electron chi connectivity index (χ1n) is 14.8. The summed E-state index contributed by atoms with van der Waals surface area (Å²) in [5, 5.41) is 1.03. The van der Waals surface area contributed by atoms with E-state index in [-0.39, 0.29) is 16.5 Å². The number of nitrogens with zero attached hydrogens (tertiary/aromatic N) is 5. The molecule has 4 aromatic rings. The van der Waals surface area contributed by atoms with Gasteiger partial charge in [-0.25, -0.2) is 4.98 Å². The van der Waals surface area contributed by atoms with E-state index in [0.29, 0.717) is 12.2 Å². The topological polar surface area (TPSA) is 80.3 Å². The number of nitrogens with two attached hydrogens (primary N) is 1. The number of hydrogen-bond acceptors (Lipinski definition) is 5. The van der Waals surface area contributed by atoms with E-state index in [2.05, 4.69) is 38.5 Å². The molecule has 1 amide bonds. The van der Waals surface area contributed by atoms with Crippen molar-refractivity contribution in [3.05, 3.63) is 83.8 Å². The third kappa shape index (κ3) is 4.38. The minimum absolute atomic E-state index is 0.00980. The van der Waals surface area contributed by atoms with Gasteiger partial charge in [0, 0.05) is 76.8 Å². The minimum atomic E-state index is -3.08. The van der Waals surface area contributed by atoms with Crippen molar-refractivity contribution >= 4 is 28.2 Å². The standard InChI is InChI=1S/C29H32N6O/c1-19(35-15-12-21(13-16-35)20-5-7-22(8-6-20)29(36)33(2)3)27-17-25-24(11-14-31-28(25)34(27)4)26-10-9-23(30)18-32-26/h5-12,14,17-19H,13,15-16,30H2,1-4H3/t19-/m0/s1/i2D3,3D3. The third-order valence-electron chi connectivity index (χ3n) is 6.95. The predicted molar refractivity (Wildman–Crippen MR) is 145 cm³/mol. The molecule has 0 bridgehead atoms. The highest BCUT2D eigenvalue weighted by Crippen LogP contribution is 2.34. The Bertz CT molecular complexity index is 1630. The van der Waals surface area contributed by atoms with Gasteiger partial charge in [-0.3, -0.25) is 14.7 Å². The zero-order valence-corrected chi connectivity index (χ0v) is 20.3. The lowest BCUT2D eigenvalue weighted by molar-refractivity contribution is 0.0827. The van der Waals surface area contributed by atoms with E-state index in [4.69, 9.17) is 14.0 Å². The van der Waals surface area contributed by atoms with Crippen molar-refractivity contribution in [2.45, 2.75) is 19.4 Å². The quantitative estimate of drug-likeness (QED) is 0.440. The molecule has 5 rings (SSSR count). The van der Waals surface area contributed by atoms with Crippen LogP contribution in [0.4, 0.5) is 5.69 Å². The Morgan fingerprint density at radius 2 is 1.94 bits per heavy atom. The molecule has 7 nitrogen and oxygen atoms in total. The van der Waals surface area contributed by atoms with Crippen molar-refractivity contribution < 1.29 is 13.0 Å². The van der Waals surface area contributed by atoms with E-state index in [9.17, 15) is 4.79 Å². The fraction of sp³-hybridized carbons (Fsp3) is 0.276. The highest BCUT2D eigenvalue weighted by molar-refractivity contribution is 5.94. The number of benzene rings is 1. The second kappa shape index (κ2) is 9.59. The van der Waals surface area contributed by atoms with Gasteiger partial charge in [-0.05, 0) is 60.9 Å². The average Bonchev–Trinajstić information content (AvgIpc) is 3.28. The molecule has 1 aliphatic rings. The molecule has 4 heterocycles. The lowest BCUT2D eigenvalue weighted by atomic mass is 9.97. The van der Waals surface area contributed by atoms with Crippen molar-refractivity contribution in [3.63, 3.8) is 0 Å². The van der Waals surface area contributed by atoms with Crippen molar-refractivity contribution in [2.75, 3.05) is 32.8 Å². The minimum Gasteiger partial charge on any atom is -0.397 e. The van der Waals surface area contributed by atoms with Crippen LogP contribution in [-0.4, -0.2) is 57.3 Å². The van der Waals surface area contributed by atoms with Gasteiger partial charge < -0.3 is 15.2 Å². The largest absolute Gasteiger partial charge is 0.397 e. The van der Waals surface area contributed by atoms with Crippen LogP contribution < -0.4 is 5.73 Å². The van der Waals surface area contributed by atoms with E-state index < -0.39 is 19.9 Å². The lowest BCUT2D eigenvalue weighted by Crippen LogP contribution is -2.32. The van der Waals surface area contributed by atoms with Crippen LogP contribution in [0.25, 0.3) is 27.9 Å². The number of amides is 1. The van der Waals surface area contributed by atoms with Crippen LogP contribution >= 0.6 is 0 Å². The van der Waals surface area contributed by atoms with E-state index in [0.717, 1.165) is 52.1 Å². The maximum atomic E-state index is 12.8. The zero-order valence-electron chi connectivity index (χ0n) is 26.3. The van der Waals surface area contributed by atoms with Crippen molar-refractivity contribution in [2.24, 2.45) is 7.05 Å². The van der Waals surface area contributed by atoms with Gasteiger partial charge in [-0.1, -0.05) is 18.2 Å². The highest BCUT2D eigenvalue weighted by atomic mass is 16.2. The van der Waals surface area contributed by atoms with E-state index in [1.54, 1.807) is 24.5 Å². The van der Waals surface area contributed by atoms with Gasteiger partial charge in [0.25, 0.3) is 5.91 Å². The highest BCUT2D eigenvalue weighted by Gasteiger charge is 2.23. The number of rotatable bonds is 5. The van der Waals surface area contributed by atoms with Crippen LogP contribution in [0.2, 0.25) is 0 Å². The third-order valence-corrected chi connectivity index (χ3v) is 6.95. The predicted octanol–water partition coefficient (Wildman–Crippen LogP) is 4.77. The van der Waals surface area contributed by atoms with Crippen molar-refractivity contribution in [1.82, 2.24) is 24.3 Å². The normalized spacial score (nSPS) is 18.2. The molecule has 36 heavy (non-hydrogen) atoms. The molecule has 0 radical (unpaired) electrons. The first kappa shape index (κ1) is 17.5. The molecule has 2 N–H and O–H groups in total. The summed E-state index contributed by atoms with van der Waals surface area (Å²) in [6.07, 6.45) is 6.37. The fourth-order valence-electron chi connectivity index (χ4n) is 4.87. The molecular formula is C29H32N6O. The molecule has 1 aliphatic heterocycles. The summed E-state index contributed by atoms with van der Waals surface area (Å²) in [6.45, 7) is -2.47. The van der Waals surface area contributed by atoms with Gasteiger partial charge in [0.15, 0.2) is 0 Å². The van der Waals surface area contributed by atoms with Gasteiger partial charge in [-0.2, -0.15) is 0 Å². The van der Waals surface area contributed by atoms with Crippen LogP contribution in [0.5, 0.6) is 0 Å². The van der Waals surface area contributed by atoms with Crippen LogP contribution in [0.1, 0.15) is 49.2 Å². The molecule has 7 heteroatoms. The molecule has 0 aliphatic carbocycles. The first-order chi connectivity index (χ1) is 19.8. The number of aromatic nitrogens is 3. The van der Waals surface area contributed by atoms with E-state index >= 15 is 0 Å². The molecular weight excluding hydrogens is 448 g/mol. The molecule has 184 valence electrons. The first-order valence-corrected chi connectivity index (χ1v) is 11.8. The summed E-state index contributed by atoms with van der Waals surface area (Å²) in [5.41, 5.74) is 12.3. The Kier molecular flexibility index (Phi) is 4.65. The van der Waals surface area contributed by atoms with E-state index in [1.807, 2.05) is 25.2 Å². The Balaban J connectivity index is 1.33. The Morgan fingerprint density at radius 1 is 1.14 bits per heavy atom. The number of hydrogen-bond donors (Lipinski definition) is 1. The summed E-state index contributed by atoms with van der Waals surface area (Å²) >= 11 is 0. The summed E-state index contributed by atoms with van der Waals surface area (Å²) < 4.78 is 47.1. The van der Waals surface area contributed by atoms with Crippen LogP contribution in [-0.2, 0) is 7.05 Å². The summed E-state index contributed by atoms with van der Waals surface area (Å²) in [5.74, 6) is -1.06. The number of carbonyl (C=O) groups is 1. The Labute approximate surface area is 220 Å². The molecule has 0 saturated carbocycles. The van der Waals surface area contributed by atoms with E-state index in [1.165, 1.54) is 12.1 Å². The SMILES string of the molecule is [2H]C([2H])([2H])N(C(=O)c1ccc(C2=CCN([C@@H](C)c3cc4c(-c5ccc(N)cn5)ccnc4n3C)CC2)cc1)C([2H])([2H])[2H]. The van der Waals surface area contributed by atoms with Crippen LogP contribution in [0.15, 0.2) is 67.0 Å². The molecule has 1 atom stereocenters. The number of carbonyl (C=O) groups excluding carboxylic acids is 1. The number of pyridine rings is 2. The smallest absolute Gasteiger partial charge is 0.253 e. The molecule has 1 aromatic carbocycles. The molecule has 0 unspecified atom stereocenters. The Morgan fingerprint density at radius 3 is 2.61 bits per heavy atom. The van der Waals surface area contributed by atoms with Gasteiger partial charge in [0.1, 0.15) is 5.65 Å². The fourth-order valence-corrected chi connectivity index (χ4v) is 4.87. The van der Waals surface area contributed by atoms with Crippen molar-refractivity contribution in [1.29, 1.82) is 0 Å². The maximum Gasteiger partial charge on any atom is 0.253 e. The van der Waals surface area contributed by atoms with Gasteiger partial charge in [0.05, 0.1) is 17.6 Å². The number of aryl methyl sites for hydroxylation is 1. The second-order valence-electron chi connectivity index (χ2n) is 9.07. The summed E-state index contributed by atoms with van der Waals surface area (Å²) in [6, 6.07) is 14.4. The second-order valence-corrected chi connectivity index (χ2v) is 9.07. The van der Waals surface area contributed by atoms with Crippen molar-refractivity contribution in [3.8, 4) is 11.3 Å². The number of anilines is 1. The summed E-state index contributed by atoms with van der Waals surface area (Å²) in [7, 11) is 2.02. The van der Waals surface area contributed by atoms with Gasteiger partial charge in [-0.15, -0.1) is 0 Å². The maximum absolute atomic E-state index is 12.8. The lowest BCUT2D eigenvalue weighted by Gasteiger charge is -2.32. The van der Waals surface area contributed by atoms with Crippen LogP contribution in [0, 0.1) is 0 Å². The zero-order chi connectivity index (χ0) is 30.4. The van der Waals surface area contributed by atoms with Gasteiger partial charge in [0.2, 0.25) is 0 Å². The molecule has 0 fully saturated rings. The Hall–Kier alpha value is -3.97. The average molecular weight is 487 g/mol. The molecule has 0 saturated heterocycles. The monoisotopic (exact) mass is 486 g/mol.